The maximum absolute atomic E-state index is 2.40. The number of para-hydroxylation sites is 2. The van der Waals surface area contributed by atoms with Gasteiger partial charge in [0, 0.05) is 38.9 Å². The summed E-state index contributed by atoms with van der Waals surface area (Å²) < 4.78 is 2.38. The van der Waals surface area contributed by atoms with E-state index in [0.29, 0.717) is 0 Å². The van der Waals surface area contributed by atoms with Gasteiger partial charge < -0.3 is 9.47 Å². The molecule has 1 aromatic heterocycles. The van der Waals surface area contributed by atoms with Crippen molar-refractivity contribution in [3.05, 3.63) is 205 Å². The maximum Gasteiger partial charge on any atom is 0.0542 e. The Labute approximate surface area is 310 Å². The first-order valence-electron chi connectivity index (χ1n) is 18.4. The number of rotatable bonds is 6. The van der Waals surface area contributed by atoms with Gasteiger partial charge in [0.05, 0.1) is 11.0 Å². The van der Waals surface area contributed by atoms with Gasteiger partial charge in [-0.1, -0.05) is 147 Å². The van der Waals surface area contributed by atoms with Gasteiger partial charge >= 0.3 is 0 Å². The van der Waals surface area contributed by atoms with E-state index in [9.17, 15) is 0 Å². The zero-order valence-electron chi connectivity index (χ0n) is 29.9. The van der Waals surface area contributed by atoms with Crippen molar-refractivity contribution in [3.63, 3.8) is 0 Å². The molecule has 1 aliphatic carbocycles. The normalized spacial score (nSPS) is 12.9. The maximum atomic E-state index is 2.40. The summed E-state index contributed by atoms with van der Waals surface area (Å²) in [4.78, 5) is 2.40. The lowest BCUT2D eigenvalue weighted by molar-refractivity contribution is 0.662. The monoisotopic (exact) mass is 678 g/mol. The van der Waals surface area contributed by atoms with Gasteiger partial charge in [0.2, 0.25) is 0 Å². The lowest BCUT2D eigenvalue weighted by Gasteiger charge is -2.27. The number of hydrogen-bond donors (Lipinski definition) is 0. The molecule has 9 aromatic rings. The van der Waals surface area contributed by atoms with Gasteiger partial charge in [0.1, 0.15) is 0 Å². The minimum Gasteiger partial charge on any atom is -0.310 e. The molecule has 2 heteroatoms. The zero-order chi connectivity index (χ0) is 35.5. The molecule has 0 bridgehead atoms. The summed E-state index contributed by atoms with van der Waals surface area (Å²) in [6.07, 6.45) is 0. The molecule has 0 amide bonds. The fourth-order valence-electron chi connectivity index (χ4n) is 8.74. The Morgan fingerprint density at radius 2 is 1.00 bits per heavy atom. The van der Waals surface area contributed by atoms with Crippen molar-refractivity contribution in [1.29, 1.82) is 0 Å². The molecule has 0 spiro atoms. The van der Waals surface area contributed by atoms with Gasteiger partial charge in [0.15, 0.2) is 0 Å². The Hall–Kier alpha value is -6.64. The molecule has 53 heavy (non-hydrogen) atoms. The lowest BCUT2D eigenvalue weighted by atomic mass is 9.79. The second-order valence-electron chi connectivity index (χ2n) is 14.6. The molecule has 0 saturated heterocycles. The molecule has 0 fully saturated rings. The average molecular weight is 679 g/mol. The zero-order valence-corrected chi connectivity index (χ0v) is 29.9. The molecule has 252 valence electrons. The van der Waals surface area contributed by atoms with E-state index < -0.39 is 0 Å². The summed E-state index contributed by atoms with van der Waals surface area (Å²) in [5, 5.41) is 2.47. The van der Waals surface area contributed by atoms with Gasteiger partial charge in [-0.3, -0.25) is 0 Å². The van der Waals surface area contributed by atoms with Crippen molar-refractivity contribution in [2.24, 2.45) is 0 Å². The predicted octanol–water partition coefficient (Wildman–Crippen LogP) is 13.9. The van der Waals surface area contributed by atoms with Crippen LogP contribution in [0.4, 0.5) is 17.1 Å². The van der Waals surface area contributed by atoms with Crippen molar-refractivity contribution < 1.29 is 0 Å². The van der Waals surface area contributed by atoms with Crippen LogP contribution >= 0.6 is 0 Å². The third-order valence-electron chi connectivity index (χ3n) is 11.2. The van der Waals surface area contributed by atoms with Crippen molar-refractivity contribution in [2.45, 2.75) is 19.3 Å². The van der Waals surface area contributed by atoms with Crippen molar-refractivity contribution >= 4 is 38.9 Å². The number of aromatic nitrogens is 1. The average Bonchev–Trinajstić information content (AvgIpc) is 3.67. The minimum absolute atomic E-state index is 0.0839. The molecule has 10 rings (SSSR count). The first kappa shape index (κ1) is 31.1. The fraction of sp³-hybridized carbons (Fsp3) is 0.0588. The third kappa shape index (κ3) is 5.02. The first-order valence-corrected chi connectivity index (χ1v) is 18.4. The number of anilines is 3. The molecule has 0 unspecified atom stereocenters. The van der Waals surface area contributed by atoms with Crippen molar-refractivity contribution in [2.75, 3.05) is 4.90 Å². The molecule has 0 radical (unpaired) electrons. The van der Waals surface area contributed by atoms with Crippen LogP contribution in [0.15, 0.2) is 194 Å². The molecule has 0 saturated carbocycles. The minimum atomic E-state index is -0.0839. The van der Waals surface area contributed by atoms with E-state index in [1.807, 2.05) is 0 Å². The predicted molar refractivity (Wildman–Crippen MR) is 224 cm³/mol. The second-order valence-corrected chi connectivity index (χ2v) is 14.6. The van der Waals surface area contributed by atoms with E-state index in [1.165, 1.54) is 66.3 Å². The van der Waals surface area contributed by atoms with Gasteiger partial charge in [-0.2, -0.15) is 0 Å². The SMILES string of the molecule is CC1(C)c2ccccc2-c2cccc(-c3ccc(N(c4cccc(-c5ccccc5)c4)c4ccc5c(c4)c4ccccc4n5-c4ccccc4)cc3)c21. The number of hydrogen-bond acceptors (Lipinski definition) is 1. The summed E-state index contributed by atoms with van der Waals surface area (Å²) in [6.45, 7) is 4.73. The third-order valence-corrected chi connectivity index (χ3v) is 11.2. The second kappa shape index (κ2) is 12.3. The number of benzene rings is 8. The quantitative estimate of drug-likeness (QED) is 0.170. The van der Waals surface area contributed by atoms with E-state index in [2.05, 4.69) is 217 Å². The molecular weight excluding hydrogens is 641 g/mol. The topological polar surface area (TPSA) is 8.17 Å². The van der Waals surface area contributed by atoms with Crippen LogP contribution in [0.1, 0.15) is 25.0 Å². The summed E-state index contributed by atoms with van der Waals surface area (Å²) in [5.74, 6) is 0. The van der Waals surface area contributed by atoms with Gasteiger partial charge in [-0.15, -0.1) is 0 Å². The van der Waals surface area contributed by atoms with Crippen LogP contribution in [0.25, 0.3) is 60.9 Å². The highest BCUT2D eigenvalue weighted by Gasteiger charge is 2.37. The van der Waals surface area contributed by atoms with Crippen LogP contribution < -0.4 is 4.90 Å². The Kier molecular flexibility index (Phi) is 7.19. The molecule has 2 nitrogen and oxygen atoms in total. The molecule has 8 aromatic carbocycles. The molecule has 0 N–H and O–H groups in total. The van der Waals surface area contributed by atoms with Crippen LogP contribution in [0.3, 0.4) is 0 Å². The molecular formula is C51H38N2. The summed E-state index contributed by atoms with van der Waals surface area (Å²) in [6, 6.07) is 70.7. The van der Waals surface area contributed by atoms with E-state index >= 15 is 0 Å². The number of nitrogens with zero attached hydrogens (tertiary/aromatic N) is 2. The molecule has 0 aliphatic heterocycles. The van der Waals surface area contributed by atoms with E-state index in [0.717, 1.165) is 22.7 Å². The summed E-state index contributed by atoms with van der Waals surface area (Å²) in [5.41, 5.74) is 17.2. The van der Waals surface area contributed by atoms with E-state index in [1.54, 1.807) is 0 Å². The summed E-state index contributed by atoms with van der Waals surface area (Å²) in [7, 11) is 0. The Morgan fingerprint density at radius 1 is 0.396 bits per heavy atom. The molecule has 1 heterocycles. The van der Waals surface area contributed by atoms with Gasteiger partial charge in [-0.25, -0.2) is 0 Å². The highest BCUT2D eigenvalue weighted by Crippen LogP contribution is 2.52. The Bertz CT molecular complexity index is 2790. The highest BCUT2D eigenvalue weighted by atomic mass is 15.1. The van der Waals surface area contributed by atoms with Crippen LogP contribution in [-0.2, 0) is 5.41 Å². The van der Waals surface area contributed by atoms with Crippen molar-refractivity contribution in [1.82, 2.24) is 4.57 Å². The largest absolute Gasteiger partial charge is 0.310 e. The lowest BCUT2D eigenvalue weighted by Crippen LogP contribution is -2.16. The highest BCUT2D eigenvalue weighted by molar-refractivity contribution is 6.10. The Morgan fingerprint density at radius 3 is 1.83 bits per heavy atom. The molecule has 1 aliphatic rings. The fourth-order valence-corrected chi connectivity index (χ4v) is 8.74. The number of fused-ring (bicyclic) bond motifs is 6. The Balaban J connectivity index is 1.14. The van der Waals surface area contributed by atoms with E-state index in [-0.39, 0.29) is 5.41 Å². The smallest absolute Gasteiger partial charge is 0.0542 e. The van der Waals surface area contributed by atoms with Crippen LogP contribution in [0.5, 0.6) is 0 Å². The standard InChI is InChI=1S/C51H38N2/c1-51(2)47-25-11-9-21-43(47)45-24-14-23-42(50(45)51)36-27-29-39(30-28-36)52(40-20-13-17-37(33-40)35-15-5-3-6-16-35)41-31-32-49-46(34-41)44-22-10-12-26-48(44)53(49)38-18-7-4-8-19-38/h3-34H,1-2H3. The first-order chi connectivity index (χ1) is 26.1. The van der Waals surface area contributed by atoms with Gasteiger partial charge in [-0.05, 0) is 105 Å². The van der Waals surface area contributed by atoms with Crippen molar-refractivity contribution in [3.8, 4) is 39.1 Å². The van der Waals surface area contributed by atoms with Crippen LogP contribution in [0, 0.1) is 0 Å². The van der Waals surface area contributed by atoms with E-state index in [4.69, 9.17) is 0 Å². The van der Waals surface area contributed by atoms with Crippen LogP contribution in [0.2, 0.25) is 0 Å². The molecule has 0 atom stereocenters. The van der Waals surface area contributed by atoms with Gasteiger partial charge in [0.25, 0.3) is 0 Å². The summed E-state index contributed by atoms with van der Waals surface area (Å²) >= 11 is 0. The van der Waals surface area contributed by atoms with Crippen LogP contribution in [-0.4, -0.2) is 4.57 Å².